The van der Waals surface area contributed by atoms with Gasteiger partial charge in [0.05, 0.1) is 7.11 Å². The topological polar surface area (TPSA) is 105 Å². The lowest BCUT2D eigenvalue weighted by atomic mass is 9.95. The van der Waals surface area contributed by atoms with Crippen LogP contribution in [0.25, 0.3) is 0 Å². The summed E-state index contributed by atoms with van der Waals surface area (Å²) in [5, 5.41) is -2.20. The average molecular weight is 329 g/mol. The van der Waals surface area contributed by atoms with Gasteiger partial charge < -0.3 is 9.26 Å². The zero-order valence-electron chi connectivity index (χ0n) is 13.2. The second-order valence-electron chi connectivity index (χ2n) is 5.05. The van der Waals surface area contributed by atoms with Gasteiger partial charge in [0.1, 0.15) is 0 Å². The zero-order valence-corrected chi connectivity index (χ0v) is 14.1. The van der Waals surface area contributed by atoms with Gasteiger partial charge >= 0.3 is 13.6 Å². The highest BCUT2D eigenvalue weighted by Gasteiger charge is 2.60. The lowest BCUT2D eigenvalue weighted by Crippen LogP contribution is -2.45. The summed E-state index contributed by atoms with van der Waals surface area (Å²) in [4.78, 5) is 25.0. The fourth-order valence-electron chi connectivity index (χ4n) is 2.25. The summed E-state index contributed by atoms with van der Waals surface area (Å²) in [6.45, 7) is 4.74. The first-order valence-corrected chi connectivity index (χ1v) is 7.96. The van der Waals surface area contributed by atoms with Crippen molar-refractivity contribution in [1.82, 2.24) is 0 Å². The summed E-state index contributed by atoms with van der Waals surface area (Å²) < 4.78 is 26.4. The standard InChI is InChI=1S/C14H20NO6P/c1-9-6-10(2)8-11(7-9)12(16)14(3,13(17)19-4)22(18,20-5)21-15/h6-8H,15H2,1-5H3. The van der Waals surface area contributed by atoms with Gasteiger partial charge in [0.2, 0.25) is 5.16 Å². The molecule has 0 spiro atoms. The van der Waals surface area contributed by atoms with Crippen LogP contribution in [-0.4, -0.2) is 31.1 Å². The number of aryl methyl sites for hydroxylation is 2. The second-order valence-corrected chi connectivity index (χ2v) is 7.52. The lowest BCUT2D eigenvalue weighted by molar-refractivity contribution is -0.142. The van der Waals surface area contributed by atoms with E-state index in [1.807, 2.05) is 6.07 Å². The lowest BCUT2D eigenvalue weighted by Gasteiger charge is -2.30. The molecule has 2 N–H and O–H groups in total. The Kier molecular flexibility index (Phi) is 5.65. The molecule has 0 aliphatic rings. The Morgan fingerprint density at radius 1 is 1.14 bits per heavy atom. The van der Waals surface area contributed by atoms with Gasteiger partial charge in [-0.2, -0.15) is 0 Å². The molecule has 1 aromatic carbocycles. The molecular formula is C14H20NO6P. The second kappa shape index (κ2) is 6.71. The molecule has 8 heteroatoms. The minimum atomic E-state index is -4.27. The van der Waals surface area contributed by atoms with Crippen molar-refractivity contribution in [3.05, 3.63) is 34.9 Å². The van der Waals surface area contributed by atoms with E-state index in [2.05, 4.69) is 9.36 Å². The van der Waals surface area contributed by atoms with Crippen molar-refractivity contribution in [2.75, 3.05) is 14.2 Å². The minimum Gasteiger partial charge on any atom is -0.468 e. The van der Waals surface area contributed by atoms with E-state index >= 15 is 0 Å². The molecule has 1 rings (SSSR count). The molecule has 0 aromatic heterocycles. The fourth-order valence-corrected chi connectivity index (χ4v) is 3.60. The van der Waals surface area contributed by atoms with Crippen LogP contribution in [0.5, 0.6) is 0 Å². The van der Waals surface area contributed by atoms with Crippen molar-refractivity contribution in [2.24, 2.45) is 5.90 Å². The number of nitrogens with two attached hydrogens (primary N) is 1. The summed E-state index contributed by atoms with van der Waals surface area (Å²) >= 11 is 0. The number of rotatable bonds is 6. The molecular weight excluding hydrogens is 309 g/mol. The monoisotopic (exact) mass is 329 g/mol. The molecule has 122 valence electrons. The van der Waals surface area contributed by atoms with Crippen molar-refractivity contribution in [3.63, 3.8) is 0 Å². The highest BCUT2D eigenvalue weighted by atomic mass is 31.2. The van der Waals surface area contributed by atoms with E-state index in [9.17, 15) is 14.2 Å². The maximum absolute atomic E-state index is 12.8. The van der Waals surface area contributed by atoms with Crippen LogP contribution in [0.4, 0.5) is 0 Å². The first-order valence-electron chi connectivity index (χ1n) is 6.42. The number of hydrogen-bond acceptors (Lipinski definition) is 7. The maximum Gasteiger partial charge on any atom is 0.371 e. The summed E-state index contributed by atoms with van der Waals surface area (Å²) in [5.74, 6) is 3.23. The number of carbonyl (C=O) groups is 2. The Labute approximate surface area is 129 Å². The molecule has 2 atom stereocenters. The largest absolute Gasteiger partial charge is 0.468 e. The SMILES string of the molecule is COC(=O)C(C)(C(=O)c1cc(C)cc(C)c1)P(=O)(OC)ON. The van der Waals surface area contributed by atoms with E-state index in [0.29, 0.717) is 0 Å². The number of esters is 1. The van der Waals surface area contributed by atoms with E-state index in [0.717, 1.165) is 32.3 Å². The fraction of sp³-hybridized carbons (Fsp3) is 0.429. The molecule has 0 fully saturated rings. The third-order valence-corrected chi connectivity index (χ3v) is 5.68. The number of Topliss-reactive ketones (excluding diaryl/α,β-unsaturated/α-hetero) is 1. The molecule has 0 heterocycles. The van der Waals surface area contributed by atoms with Crippen LogP contribution in [0.2, 0.25) is 0 Å². The molecule has 0 bridgehead atoms. The van der Waals surface area contributed by atoms with Gasteiger partial charge in [-0.3, -0.25) is 14.2 Å². The summed E-state index contributed by atoms with van der Waals surface area (Å²) in [6, 6.07) is 5.02. The molecule has 0 radical (unpaired) electrons. The normalized spacial score (nSPS) is 16.5. The van der Waals surface area contributed by atoms with Crippen LogP contribution >= 0.6 is 7.60 Å². The van der Waals surface area contributed by atoms with Gasteiger partial charge in [0, 0.05) is 12.7 Å². The summed E-state index contributed by atoms with van der Waals surface area (Å²) in [5.41, 5.74) is 1.83. The first-order chi connectivity index (χ1) is 10.2. The Bertz CT molecular complexity index is 616. The van der Waals surface area contributed by atoms with E-state index < -0.39 is 24.5 Å². The zero-order chi connectivity index (χ0) is 17.1. The Morgan fingerprint density at radius 3 is 2.00 bits per heavy atom. The first kappa shape index (κ1) is 18.5. The molecule has 0 saturated heterocycles. The highest BCUT2D eigenvalue weighted by molar-refractivity contribution is 7.58. The van der Waals surface area contributed by atoms with Crippen molar-refractivity contribution in [3.8, 4) is 0 Å². The van der Waals surface area contributed by atoms with Crippen LogP contribution in [0.15, 0.2) is 18.2 Å². The van der Waals surface area contributed by atoms with Crippen LogP contribution in [0.3, 0.4) is 0 Å². The Hall–Kier alpha value is -1.53. The van der Waals surface area contributed by atoms with E-state index in [1.54, 1.807) is 26.0 Å². The van der Waals surface area contributed by atoms with E-state index in [-0.39, 0.29) is 5.56 Å². The van der Waals surface area contributed by atoms with Crippen LogP contribution in [0.1, 0.15) is 28.4 Å². The highest BCUT2D eigenvalue weighted by Crippen LogP contribution is 2.59. The van der Waals surface area contributed by atoms with Crippen LogP contribution in [-0.2, 0) is 23.2 Å². The van der Waals surface area contributed by atoms with Crippen molar-refractivity contribution in [1.29, 1.82) is 0 Å². The number of ketones is 1. The molecule has 0 amide bonds. The van der Waals surface area contributed by atoms with Crippen LogP contribution in [0, 0.1) is 13.8 Å². The smallest absolute Gasteiger partial charge is 0.371 e. The molecule has 7 nitrogen and oxygen atoms in total. The minimum absolute atomic E-state index is 0.194. The molecule has 0 aliphatic heterocycles. The quantitative estimate of drug-likeness (QED) is 0.280. The number of ether oxygens (including phenoxy) is 1. The van der Waals surface area contributed by atoms with Crippen molar-refractivity contribution in [2.45, 2.75) is 25.9 Å². The van der Waals surface area contributed by atoms with Gasteiger partial charge in [-0.15, -0.1) is 0 Å². The number of benzene rings is 1. The number of carbonyl (C=O) groups excluding carboxylic acids is 2. The van der Waals surface area contributed by atoms with Gasteiger partial charge in [-0.25, -0.2) is 10.5 Å². The van der Waals surface area contributed by atoms with Gasteiger partial charge in [0.15, 0.2) is 5.78 Å². The molecule has 1 aromatic rings. The van der Waals surface area contributed by atoms with Gasteiger partial charge in [-0.1, -0.05) is 17.2 Å². The number of hydrogen-bond donors (Lipinski definition) is 1. The Balaban J connectivity index is 3.55. The van der Waals surface area contributed by atoms with Gasteiger partial charge in [-0.05, 0) is 32.9 Å². The average Bonchev–Trinajstić information content (AvgIpc) is 2.50. The number of methoxy groups -OCH3 is 1. The summed E-state index contributed by atoms with van der Waals surface area (Å²) in [7, 11) is -2.15. The molecule has 0 saturated carbocycles. The Morgan fingerprint density at radius 2 is 1.64 bits per heavy atom. The summed E-state index contributed by atoms with van der Waals surface area (Å²) in [6.07, 6.45) is 0. The molecule has 0 aliphatic carbocycles. The van der Waals surface area contributed by atoms with E-state index in [1.165, 1.54) is 0 Å². The van der Waals surface area contributed by atoms with Gasteiger partial charge in [0.25, 0.3) is 0 Å². The third-order valence-electron chi connectivity index (χ3n) is 3.44. The predicted octanol–water partition coefficient (Wildman–Crippen LogP) is 2.15. The maximum atomic E-state index is 12.8. The van der Waals surface area contributed by atoms with Crippen molar-refractivity contribution < 1.29 is 28.0 Å². The molecule has 22 heavy (non-hydrogen) atoms. The molecule has 2 unspecified atom stereocenters. The third kappa shape index (κ3) is 2.98. The van der Waals surface area contributed by atoms with Crippen molar-refractivity contribution >= 4 is 19.3 Å². The predicted molar refractivity (Wildman–Crippen MR) is 80.6 cm³/mol. The van der Waals surface area contributed by atoms with E-state index in [4.69, 9.17) is 10.4 Å². The van der Waals surface area contributed by atoms with Crippen LogP contribution < -0.4 is 5.90 Å².